The van der Waals surface area contributed by atoms with E-state index >= 15 is 0 Å². The standard InChI is InChI=1S/C15H15F3N2O/c1-9-6-11(8-19)7-10(2)14(9)21-13-5-3-4-12(20-13)15(16,17)18/h3-7H,8,19H2,1-2H3. The minimum Gasteiger partial charge on any atom is -0.438 e. The van der Waals surface area contributed by atoms with E-state index in [4.69, 9.17) is 10.5 Å². The fourth-order valence-corrected chi connectivity index (χ4v) is 2.05. The summed E-state index contributed by atoms with van der Waals surface area (Å²) in [5.41, 5.74) is 7.14. The van der Waals surface area contributed by atoms with E-state index in [9.17, 15) is 13.2 Å². The Balaban J connectivity index is 2.35. The van der Waals surface area contributed by atoms with Gasteiger partial charge in [-0.15, -0.1) is 0 Å². The molecule has 0 unspecified atom stereocenters. The number of pyridine rings is 1. The highest BCUT2D eigenvalue weighted by molar-refractivity contribution is 5.45. The lowest BCUT2D eigenvalue weighted by Crippen LogP contribution is -2.08. The minimum atomic E-state index is -4.49. The van der Waals surface area contributed by atoms with E-state index in [1.54, 1.807) is 0 Å². The van der Waals surface area contributed by atoms with E-state index in [1.807, 2.05) is 26.0 Å². The number of benzene rings is 1. The molecule has 0 saturated heterocycles. The van der Waals surface area contributed by atoms with E-state index < -0.39 is 11.9 Å². The molecule has 6 heteroatoms. The first-order valence-corrected chi connectivity index (χ1v) is 6.33. The number of nitrogens with two attached hydrogens (primary N) is 1. The number of aromatic nitrogens is 1. The molecule has 0 fully saturated rings. The maximum absolute atomic E-state index is 12.6. The first-order chi connectivity index (χ1) is 9.81. The molecule has 3 nitrogen and oxygen atoms in total. The van der Waals surface area contributed by atoms with E-state index in [1.165, 1.54) is 12.1 Å². The quantitative estimate of drug-likeness (QED) is 0.932. The molecular weight excluding hydrogens is 281 g/mol. The summed E-state index contributed by atoms with van der Waals surface area (Å²) in [4.78, 5) is 3.49. The topological polar surface area (TPSA) is 48.1 Å². The van der Waals surface area contributed by atoms with E-state index in [0.29, 0.717) is 12.3 Å². The molecular formula is C15H15F3N2O. The highest BCUT2D eigenvalue weighted by Crippen LogP contribution is 2.32. The third-order valence-corrected chi connectivity index (χ3v) is 2.98. The van der Waals surface area contributed by atoms with Crippen LogP contribution in [0, 0.1) is 13.8 Å². The van der Waals surface area contributed by atoms with Gasteiger partial charge < -0.3 is 10.5 Å². The lowest BCUT2D eigenvalue weighted by molar-refractivity contribution is -0.141. The van der Waals surface area contributed by atoms with Crippen molar-refractivity contribution in [2.24, 2.45) is 5.73 Å². The zero-order valence-electron chi connectivity index (χ0n) is 11.7. The first-order valence-electron chi connectivity index (χ1n) is 6.33. The average molecular weight is 296 g/mol. The van der Waals surface area contributed by atoms with E-state index in [-0.39, 0.29) is 5.88 Å². The van der Waals surface area contributed by atoms with Gasteiger partial charge in [0.2, 0.25) is 5.88 Å². The molecule has 2 aromatic rings. The van der Waals surface area contributed by atoms with E-state index in [2.05, 4.69) is 4.98 Å². The van der Waals surface area contributed by atoms with Gasteiger partial charge in [0.05, 0.1) is 0 Å². The second-order valence-electron chi connectivity index (χ2n) is 4.72. The molecule has 0 spiro atoms. The van der Waals surface area contributed by atoms with Crippen molar-refractivity contribution in [3.8, 4) is 11.6 Å². The number of ether oxygens (including phenoxy) is 1. The summed E-state index contributed by atoms with van der Waals surface area (Å²) >= 11 is 0. The van der Waals surface area contributed by atoms with Crippen molar-refractivity contribution in [3.05, 3.63) is 52.7 Å². The summed E-state index contributed by atoms with van der Waals surface area (Å²) in [7, 11) is 0. The predicted octanol–water partition coefficient (Wildman–Crippen LogP) is 3.97. The summed E-state index contributed by atoms with van der Waals surface area (Å²) in [6.45, 7) is 4.02. The maximum atomic E-state index is 12.6. The van der Waals surface area contributed by atoms with Crippen molar-refractivity contribution in [2.45, 2.75) is 26.6 Å². The van der Waals surface area contributed by atoms with Crippen LogP contribution in [-0.2, 0) is 12.7 Å². The van der Waals surface area contributed by atoms with E-state index in [0.717, 1.165) is 22.8 Å². The van der Waals surface area contributed by atoms with Crippen LogP contribution in [0.3, 0.4) is 0 Å². The molecule has 0 bridgehead atoms. The zero-order chi connectivity index (χ0) is 15.6. The molecule has 0 atom stereocenters. The van der Waals surface area contributed by atoms with Gasteiger partial charge in [-0.25, -0.2) is 4.98 Å². The monoisotopic (exact) mass is 296 g/mol. The molecule has 21 heavy (non-hydrogen) atoms. The fourth-order valence-electron chi connectivity index (χ4n) is 2.05. The molecule has 2 N–H and O–H groups in total. The maximum Gasteiger partial charge on any atom is 0.433 e. The molecule has 2 rings (SSSR count). The molecule has 0 aliphatic rings. The van der Waals surface area contributed by atoms with Crippen LogP contribution >= 0.6 is 0 Å². The Labute approximate surface area is 120 Å². The van der Waals surface area contributed by atoms with Gasteiger partial charge in [0, 0.05) is 12.6 Å². The summed E-state index contributed by atoms with van der Waals surface area (Å²) in [5.74, 6) is 0.413. The Kier molecular flexibility index (Phi) is 4.18. The van der Waals surface area contributed by atoms with Crippen LogP contribution in [0.2, 0.25) is 0 Å². The lowest BCUT2D eigenvalue weighted by Gasteiger charge is -2.14. The van der Waals surface area contributed by atoms with Crippen LogP contribution in [-0.4, -0.2) is 4.98 Å². The van der Waals surface area contributed by atoms with Crippen molar-refractivity contribution in [1.82, 2.24) is 4.98 Å². The number of rotatable bonds is 3. The van der Waals surface area contributed by atoms with Crippen LogP contribution in [0.15, 0.2) is 30.3 Å². The van der Waals surface area contributed by atoms with Gasteiger partial charge in [0.25, 0.3) is 0 Å². The third-order valence-electron chi connectivity index (χ3n) is 2.98. The number of aryl methyl sites for hydroxylation is 2. The molecule has 112 valence electrons. The number of alkyl halides is 3. The first kappa shape index (κ1) is 15.3. The van der Waals surface area contributed by atoms with Crippen molar-refractivity contribution < 1.29 is 17.9 Å². The summed E-state index contributed by atoms with van der Waals surface area (Å²) in [6, 6.07) is 7.25. The molecule has 1 aromatic carbocycles. The van der Waals surface area contributed by atoms with Gasteiger partial charge in [-0.3, -0.25) is 0 Å². The Morgan fingerprint density at radius 3 is 2.29 bits per heavy atom. The van der Waals surface area contributed by atoms with Crippen LogP contribution < -0.4 is 10.5 Å². The largest absolute Gasteiger partial charge is 0.438 e. The normalized spacial score (nSPS) is 11.5. The Morgan fingerprint density at radius 1 is 1.14 bits per heavy atom. The number of halogens is 3. The van der Waals surface area contributed by atoms with Crippen LogP contribution in [0.5, 0.6) is 11.6 Å². The van der Waals surface area contributed by atoms with Gasteiger partial charge in [-0.1, -0.05) is 18.2 Å². The average Bonchev–Trinajstić information content (AvgIpc) is 2.42. The Morgan fingerprint density at radius 2 is 1.76 bits per heavy atom. The van der Waals surface area contributed by atoms with Crippen molar-refractivity contribution in [2.75, 3.05) is 0 Å². The van der Waals surface area contributed by atoms with Gasteiger partial charge in [-0.05, 0) is 36.6 Å². The summed E-state index contributed by atoms with van der Waals surface area (Å²) in [5, 5.41) is 0. The number of hydrogen-bond acceptors (Lipinski definition) is 3. The zero-order valence-corrected chi connectivity index (χ0v) is 11.7. The smallest absolute Gasteiger partial charge is 0.433 e. The second-order valence-corrected chi connectivity index (χ2v) is 4.72. The minimum absolute atomic E-state index is 0.0866. The summed E-state index contributed by atoms with van der Waals surface area (Å²) < 4.78 is 43.4. The Bertz CT molecular complexity index is 631. The highest BCUT2D eigenvalue weighted by atomic mass is 19.4. The summed E-state index contributed by atoms with van der Waals surface area (Å²) in [6.07, 6.45) is -4.49. The number of hydrogen-bond donors (Lipinski definition) is 1. The van der Waals surface area contributed by atoms with Gasteiger partial charge in [0.15, 0.2) is 0 Å². The van der Waals surface area contributed by atoms with Crippen molar-refractivity contribution in [1.29, 1.82) is 0 Å². The second kappa shape index (κ2) is 5.73. The predicted molar refractivity (Wildman–Crippen MR) is 73.1 cm³/mol. The molecule has 0 radical (unpaired) electrons. The molecule has 0 aliphatic heterocycles. The molecule has 1 aromatic heterocycles. The molecule has 0 aliphatic carbocycles. The van der Waals surface area contributed by atoms with Gasteiger partial charge >= 0.3 is 6.18 Å². The molecule has 0 amide bonds. The highest BCUT2D eigenvalue weighted by Gasteiger charge is 2.32. The SMILES string of the molecule is Cc1cc(CN)cc(C)c1Oc1cccc(C(F)(F)F)n1. The van der Waals surface area contributed by atoms with Gasteiger partial charge in [-0.2, -0.15) is 13.2 Å². The van der Waals surface area contributed by atoms with Crippen LogP contribution in [0.4, 0.5) is 13.2 Å². The Hall–Kier alpha value is -2.08. The van der Waals surface area contributed by atoms with Crippen LogP contribution in [0.25, 0.3) is 0 Å². The fraction of sp³-hybridized carbons (Fsp3) is 0.267. The van der Waals surface area contributed by atoms with Crippen molar-refractivity contribution in [3.63, 3.8) is 0 Å². The molecule has 1 heterocycles. The lowest BCUT2D eigenvalue weighted by atomic mass is 10.1. The van der Waals surface area contributed by atoms with Crippen molar-refractivity contribution >= 4 is 0 Å². The number of nitrogens with zero attached hydrogens (tertiary/aromatic N) is 1. The van der Waals surface area contributed by atoms with Crippen LogP contribution in [0.1, 0.15) is 22.4 Å². The third kappa shape index (κ3) is 3.52. The van der Waals surface area contributed by atoms with Gasteiger partial charge in [0.1, 0.15) is 11.4 Å². The molecule has 0 saturated carbocycles.